The molecule has 2 rings (SSSR count). The van der Waals surface area contributed by atoms with E-state index < -0.39 is 24.9 Å². The largest absolute Gasteiger partial charge is 0.467 e. The number of ether oxygens (including phenoxy) is 2. The highest BCUT2D eigenvalue weighted by molar-refractivity contribution is 5.80. The van der Waals surface area contributed by atoms with E-state index in [1.807, 2.05) is 6.07 Å². The summed E-state index contributed by atoms with van der Waals surface area (Å²) in [6.07, 6.45) is -4.00. The van der Waals surface area contributed by atoms with E-state index in [1.165, 1.54) is 0 Å². The number of aromatic amines is 1. The maximum Gasteiger partial charge on any atom is 0.411 e. The molecule has 0 bridgehead atoms. The molecule has 4 nitrogen and oxygen atoms in total. The molecule has 114 valence electrons. The van der Waals surface area contributed by atoms with Gasteiger partial charge < -0.3 is 14.5 Å². The highest BCUT2D eigenvalue weighted by atomic mass is 19.4. The molecule has 1 aromatic carbocycles. The number of hydrogen-bond donors (Lipinski definition) is 1. The Bertz CT molecular complexity index is 621. The van der Waals surface area contributed by atoms with Gasteiger partial charge in [0.2, 0.25) is 0 Å². The van der Waals surface area contributed by atoms with Crippen molar-refractivity contribution >= 4 is 16.9 Å². The number of esters is 1. The average Bonchev–Trinajstić information content (AvgIpc) is 2.89. The Morgan fingerprint density at radius 2 is 2.10 bits per heavy atom. The number of carbonyl (C=O) groups excluding carboxylic acids is 1. The van der Waals surface area contributed by atoms with Crippen LogP contribution >= 0.6 is 0 Å². The molecule has 0 saturated carbocycles. The van der Waals surface area contributed by atoms with E-state index in [0.29, 0.717) is 5.56 Å². The molecule has 0 saturated heterocycles. The average molecular weight is 301 g/mol. The van der Waals surface area contributed by atoms with Gasteiger partial charge in [0.15, 0.2) is 6.10 Å². The standard InChI is InChI=1S/C14H14F3NO3/c1-20-13(19)12(21-8-14(15,16)17)7-9-2-3-11-10(6-9)4-5-18-11/h2-6,12,18H,7-8H2,1H3. The Morgan fingerprint density at radius 1 is 1.33 bits per heavy atom. The third-order valence-corrected chi connectivity index (χ3v) is 2.95. The molecule has 0 aliphatic heterocycles. The molecule has 1 atom stereocenters. The lowest BCUT2D eigenvalue weighted by Gasteiger charge is -2.17. The van der Waals surface area contributed by atoms with E-state index in [1.54, 1.807) is 24.4 Å². The molecule has 21 heavy (non-hydrogen) atoms. The van der Waals surface area contributed by atoms with Gasteiger partial charge in [-0.1, -0.05) is 6.07 Å². The predicted molar refractivity (Wildman–Crippen MR) is 69.8 cm³/mol. The molecule has 0 radical (unpaired) electrons. The molecule has 1 N–H and O–H groups in total. The van der Waals surface area contributed by atoms with Crippen LogP contribution in [0.5, 0.6) is 0 Å². The van der Waals surface area contributed by atoms with Gasteiger partial charge >= 0.3 is 12.1 Å². The highest BCUT2D eigenvalue weighted by Gasteiger charge is 2.31. The van der Waals surface area contributed by atoms with Crippen molar-refractivity contribution in [3.63, 3.8) is 0 Å². The lowest BCUT2D eigenvalue weighted by molar-refractivity contribution is -0.193. The zero-order valence-corrected chi connectivity index (χ0v) is 11.2. The summed E-state index contributed by atoms with van der Waals surface area (Å²) in [5.41, 5.74) is 1.60. The van der Waals surface area contributed by atoms with Crippen LogP contribution < -0.4 is 0 Å². The maximum absolute atomic E-state index is 12.2. The fraction of sp³-hybridized carbons (Fsp3) is 0.357. The molecule has 0 fully saturated rings. The molecule has 0 amide bonds. The molecule has 1 heterocycles. The summed E-state index contributed by atoms with van der Waals surface area (Å²) in [4.78, 5) is 14.5. The number of hydrogen-bond acceptors (Lipinski definition) is 3. The normalized spacial score (nSPS) is 13.3. The molecule has 1 unspecified atom stereocenters. The first-order valence-corrected chi connectivity index (χ1v) is 6.21. The molecular formula is C14H14F3NO3. The minimum Gasteiger partial charge on any atom is -0.467 e. The number of methoxy groups -OCH3 is 1. The molecule has 1 aromatic heterocycles. The van der Waals surface area contributed by atoms with E-state index in [4.69, 9.17) is 0 Å². The van der Waals surface area contributed by atoms with Crippen LogP contribution in [-0.2, 0) is 20.7 Å². The second kappa shape index (κ2) is 6.17. The number of H-pyrrole nitrogens is 1. The summed E-state index contributed by atoms with van der Waals surface area (Å²) in [6, 6.07) is 7.15. The van der Waals surface area contributed by atoms with Crippen LogP contribution in [0.2, 0.25) is 0 Å². The molecular weight excluding hydrogens is 287 g/mol. The molecule has 0 aliphatic rings. The molecule has 0 aliphatic carbocycles. The zero-order valence-electron chi connectivity index (χ0n) is 11.2. The summed E-state index contributed by atoms with van der Waals surface area (Å²) in [7, 11) is 1.11. The van der Waals surface area contributed by atoms with Gasteiger partial charge in [-0.3, -0.25) is 0 Å². The van der Waals surface area contributed by atoms with Crippen LogP contribution in [0.25, 0.3) is 10.9 Å². The van der Waals surface area contributed by atoms with Crippen molar-refractivity contribution in [1.82, 2.24) is 4.98 Å². The quantitative estimate of drug-likeness (QED) is 0.864. The van der Waals surface area contributed by atoms with E-state index in [2.05, 4.69) is 14.5 Å². The van der Waals surface area contributed by atoms with Gasteiger partial charge in [0.1, 0.15) is 6.61 Å². The summed E-state index contributed by atoms with van der Waals surface area (Å²) < 4.78 is 45.8. The Labute approximate surface area is 118 Å². The first-order chi connectivity index (χ1) is 9.89. The van der Waals surface area contributed by atoms with Gasteiger partial charge in [0, 0.05) is 18.1 Å². The smallest absolute Gasteiger partial charge is 0.411 e. The number of rotatable bonds is 5. The van der Waals surface area contributed by atoms with Crippen LogP contribution in [0.3, 0.4) is 0 Å². The second-order valence-electron chi connectivity index (χ2n) is 4.54. The first kappa shape index (κ1) is 15.4. The minimum absolute atomic E-state index is 0.0177. The minimum atomic E-state index is -4.49. The van der Waals surface area contributed by atoms with Gasteiger partial charge in [0.05, 0.1) is 7.11 Å². The number of aromatic nitrogens is 1. The monoisotopic (exact) mass is 301 g/mol. The summed E-state index contributed by atoms with van der Waals surface area (Å²) in [5, 5.41) is 0.909. The Morgan fingerprint density at radius 3 is 2.76 bits per heavy atom. The fourth-order valence-corrected chi connectivity index (χ4v) is 1.98. The molecule has 2 aromatic rings. The lowest BCUT2D eigenvalue weighted by atomic mass is 10.1. The van der Waals surface area contributed by atoms with Gasteiger partial charge in [-0.2, -0.15) is 13.2 Å². The third kappa shape index (κ3) is 4.22. The van der Waals surface area contributed by atoms with Crippen molar-refractivity contribution in [3.05, 3.63) is 36.0 Å². The predicted octanol–water partition coefficient (Wildman–Crippen LogP) is 2.83. The van der Waals surface area contributed by atoms with Crippen molar-refractivity contribution in [1.29, 1.82) is 0 Å². The van der Waals surface area contributed by atoms with Crippen molar-refractivity contribution in [3.8, 4) is 0 Å². The van der Waals surface area contributed by atoms with Crippen molar-refractivity contribution < 1.29 is 27.4 Å². The number of alkyl halides is 3. The van der Waals surface area contributed by atoms with Crippen LogP contribution in [-0.4, -0.2) is 37.0 Å². The fourth-order valence-electron chi connectivity index (χ4n) is 1.98. The second-order valence-corrected chi connectivity index (χ2v) is 4.54. The van der Waals surface area contributed by atoms with Gasteiger partial charge in [-0.15, -0.1) is 0 Å². The Kier molecular flexibility index (Phi) is 4.52. The van der Waals surface area contributed by atoms with E-state index in [-0.39, 0.29) is 6.42 Å². The van der Waals surface area contributed by atoms with E-state index >= 15 is 0 Å². The highest BCUT2D eigenvalue weighted by Crippen LogP contribution is 2.19. The molecule has 0 spiro atoms. The van der Waals surface area contributed by atoms with Crippen molar-refractivity contribution in [2.75, 3.05) is 13.7 Å². The van der Waals surface area contributed by atoms with Crippen LogP contribution in [0.1, 0.15) is 5.56 Å². The zero-order chi connectivity index (χ0) is 15.5. The van der Waals surface area contributed by atoms with Crippen molar-refractivity contribution in [2.45, 2.75) is 18.7 Å². The van der Waals surface area contributed by atoms with Gasteiger partial charge in [-0.25, -0.2) is 4.79 Å². The van der Waals surface area contributed by atoms with Crippen molar-refractivity contribution in [2.24, 2.45) is 0 Å². The number of benzene rings is 1. The Balaban J connectivity index is 2.11. The number of fused-ring (bicyclic) bond motifs is 1. The van der Waals surface area contributed by atoms with Crippen LogP contribution in [0.4, 0.5) is 13.2 Å². The summed E-state index contributed by atoms with van der Waals surface area (Å²) >= 11 is 0. The third-order valence-electron chi connectivity index (χ3n) is 2.95. The topological polar surface area (TPSA) is 51.3 Å². The number of carbonyl (C=O) groups is 1. The lowest BCUT2D eigenvalue weighted by Crippen LogP contribution is -2.32. The van der Waals surface area contributed by atoms with E-state index in [0.717, 1.165) is 18.0 Å². The van der Waals surface area contributed by atoms with Gasteiger partial charge in [-0.05, 0) is 29.1 Å². The summed E-state index contributed by atoms with van der Waals surface area (Å²) in [5.74, 6) is -0.826. The SMILES string of the molecule is COC(=O)C(Cc1ccc2[nH]ccc2c1)OCC(F)(F)F. The number of nitrogens with one attached hydrogen (secondary N) is 1. The number of halogens is 3. The van der Waals surface area contributed by atoms with E-state index in [9.17, 15) is 18.0 Å². The first-order valence-electron chi connectivity index (χ1n) is 6.21. The van der Waals surface area contributed by atoms with Gasteiger partial charge in [0.25, 0.3) is 0 Å². The summed E-state index contributed by atoms with van der Waals surface area (Å²) in [6.45, 7) is -1.49. The van der Waals surface area contributed by atoms with Crippen LogP contribution in [0.15, 0.2) is 30.5 Å². The maximum atomic E-state index is 12.2. The Hall–Kier alpha value is -2.02. The van der Waals surface area contributed by atoms with Crippen LogP contribution in [0, 0.1) is 0 Å². The molecule has 7 heteroatoms.